The largest absolute Gasteiger partial charge is 0.176 e. The molecule has 0 amide bonds. The van der Waals surface area contributed by atoms with E-state index in [1.54, 1.807) is 0 Å². The molecule has 106 valence electrons. The molecule has 0 heterocycles. The molecule has 0 spiro atoms. The number of hydrogen-bond acceptors (Lipinski definition) is 1. The number of benzene rings is 2. The van der Waals surface area contributed by atoms with E-state index in [4.69, 9.17) is 0 Å². The van der Waals surface area contributed by atoms with Crippen molar-refractivity contribution < 1.29 is 0 Å². The molecular weight excluding hydrogens is 261 g/mol. The zero-order chi connectivity index (χ0) is 14.4. The first-order valence-corrected chi connectivity index (χ1v) is 9.78. The van der Waals surface area contributed by atoms with Gasteiger partial charge in [-0.25, -0.2) is 0 Å². The molecule has 1 unspecified atom stereocenters. The van der Waals surface area contributed by atoms with Crippen molar-refractivity contribution in [1.29, 1.82) is 0 Å². The molecule has 0 bridgehead atoms. The second kappa shape index (κ2) is 7.02. The lowest BCUT2D eigenvalue weighted by atomic mass is 10.2. The van der Waals surface area contributed by atoms with Crippen LogP contribution in [0.25, 0.3) is 0 Å². The van der Waals surface area contributed by atoms with E-state index in [1.807, 2.05) is 0 Å². The van der Waals surface area contributed by atoms with Gasteiger partial charge in [-0.15, -0.1) is 0 Å². The van der Waals surface area contributed by atoms with Gasteiger partial charge in [0.15, 0.2) is 0 Å². The van der Waals surface area contributed by atoms with E-state index in [1.165, 1.54) is 10.9 Å². The highest BCUT2D eigenvalue weighted by molar-refractivity contribution is 7.79. The topological polar surface area (TPSA) is 3.24 Å². The summed E-state index contributed by atoms with van der Waals surface area (Å²) in [6.45, 7) is 9.25. The van der Waals surface area contributed by atoms with Crippen LogP contribution in [0.2, 0.25) is 0 Å². The molecule has 2 heteroatoms. The summed E-state index contributed by atoms with van der Waals surface area (Å²) in [6, 6.07) is 21.9. The molecule has 2 rings (SSSR count). The van der Waals surface area contributed by atoms with E-state index in [0.29, 0.717) is 0 Å². The van der Waals surface area contributed by atoms with Gasteiger partial charge in [-0.1, -0.05) is 48.5 Å². The second-order valence-electron chi connectivity index (χ2n) is 5.26. The lowest BCUT2D eigenvalue weighted by Crippen LogP contribution is -2.31. The van der Waals surface area contributed by atoms with Crippen LogP contribution in [0, 0.1) is 0 Å². The van der Waals surface area contributed by atoms with Gasteiger partial charge < -0.3 is 0 Å². The summed E-state index contributed by atoms with van der Waals surface area (Å²) < 4.78 is 2.66. The number of nitrogens with zero attached hydrogens (tertiary/aromatic N) is 1. The molecule has 1 atom stereocenters. The molecule has 0 aliphatic carbocycles. The van der Waals surface area contributed by atoms with Crippen LogP contribution in [0.1, 0.15) is 19.4 Å². The van der Waals surface area contributed by atoms with Crippen LogP contribution in [0.3, 0.4) is 0 Å². The number of rotatable bonds is 6. The summed E-state index contributed by atoms with van der Waals surface area (Å²) in [5.41, 5.74) is 1.44. The van der Waals surface area contributed by atoms with E-state index in [-0.39, 0.29) is 0 Å². The zero-order valence-electron chi connectivity index (χ0n) is 12.8. The van der Waals surface area contributed by atoms with Crippen LogP contribution in [0.5, 0.6) is 0 Å². The van der Waals surface area contributed by atoms with Crippen molar-refractivity contribution in [3.63, 3.8) is 0 Å². The van der Waals surface area contributed by atoms with E-state index in [0.717, 1.165) is 19.3 Å². The van der Waals surface area contributed by atoms with Gasteiger partial charge in [-0.05, 0) is 31.5 Å². The van der Waals surface area contributed by atoms with Crippen LogP contribution in [-0.2, 0) is 6.16 Å². The van der Waals surface area contributed by atoms with E-state index < -0.39 is 7.41 Å². The predicted molar refractivity (Wildman–Crippen MR) is 92.0 cm³/mol. The molecule has 0 aromatic heterocycles. The molecule has 0 aliphatic heterocycles. The van der Waals surface area contributed by atoms with Gasteiger partial charge in [0.25, 0.3) is 0 Å². The molecule has 2 aromatic carbocycles. The molecule has 2 aromatic rings. The molecular formula is C18H25NP+. The molecule has 0 saturated carbocycles. The highest BCUT2D eigenvalue weighted by Gasteiger charge is 2.40. The lowest BCUT2D eigenvalue weighted by Gasteiger charge is -2.33. The Bertz CT molecular complexity index is 507. The van der Waals surface area contributed by atoms with Crippen LogP contribution < -0.4 is 5.30 Å². The third kappa shape index (κ3) is 3.29. The van der Waals surface area contributed by atoms with E-state index in [9.17, 15) is 0 Å². The van der Waals surface area contributed by atoms with Crippen LogP contribution in [-0.4, -0.2) is 24.4 Å². The fraction of sp³-hybridized carbons (Fsp3) is 0.333. The fourth-order valence-corrected chi connectivity index (χ4v) is 6.58. The molecule has 0 radical (unpaired) electrons. The van der Waals surface area contributed by atoms with Crippen LogP contribution in [0.4, 0.5) is 0 Å². The minimum Gasteiger partial charge on any atom is -0.176 e. The molecule has 0 aliphatic rings. The highest BCUT2D eigenvalue weighted by Crippen LogP contribution is 2.59. The average molecular weight is 286 g/mol. The monoisotopic (exact) mass is 286 g/mol. The maximum Gasteiger partial charge on any atom is 0.117 e. The van der Waals surface area contributed by atoms with Crippen molar-refractivity contribution >= 4 is 12.7 Å². The van der Waals surface area contributed by atoms with Gasteiger partial charge in [0.2, 0.25) is 0 Å². The van der Waals surface area contributed by atoms with Gasteiger partial charge in [0, 0.05) is 13.1 Å². The van der Waals surface area contributed by atoms with Gasteiger partial charge in [0.1, 0.15) is 18.9 Å². The first-order valence-electron chi connectivity index (χ1n) is 7.41. The molecule has 0 saturated heterocycles. The van der Waals surface area contributed by atoms with Crippen LogP contribution in [0.15, 0.2) is 60.7 Å². The summed E-state index contributed by atoms with van der Waals surface area (Å²) in [7, 11) is -1.32. The molecule has 0 fully saturated rings. The summed E-state index contributed by atoms with van der Waals surface area (Å²) >= 11 is 0. The first-order chi connectivity index (χ1) is 9.70. The minimum absolute atomic E-state index is 1.11. The quantitative estimate of drug-likeness (QED) is 0.711. The van der Waals surface area contributed by atoms with Gasteiger partial charge in [0.05, 0.1) is 6.66 Å². The van der Waals surface area contributed by atoms with Crippen molar-refractivity contribution in [1.82, 2.24) is 4.67 Å². The smallest absolute Gasteiger partial charge is 0.117 e. The third-order valence-corrected chi connectivity index (χ3v) is 8.21. The third-order valence-electron chi connectivity index (χ3n) is 4.00. The zero-order valence-corrected chi connectivity index (χ0v) is 13.7. The number of hydrogen-bond donors (Lipinski definition) is 0. The Kier molecular flexibility index (Phi) is 5.34. The summed E-state index contributed by atoms with van der Waals surface area (Å²) in [6.07, 6.45) is 1.15. The molecule has 20 heavy (non-hydrogen) atoms. The fourth-order valence-electron chi connectivity index (χ4n) is 2.89. The summed E-state index contributed by atoms with van der Waals surface area (Å²) in [5.74, 6) is 0. The predicted octanol–water partition coefficient (Wildman–Crippen LogP) is 4.42. The average Bonchev–Trinajstić information content (AvgIpc) is 2.50. The Morgan fingerprint density at radius 2 is 1.30 bits per heavy atom. The molecule has 0 N–H and O–H groups in total. The Hall–Kier alpha value is -1.17. The van der Waals surface area contributed by atoms with Gasteiger partial charge in [-0.2, -0.15) is 4.67 Å². The Balaban J connectivity index is 2.39. The lowest BCUT2D eigenvalue weighted by molar-refractivity contribution is 0.501. The Morgan fingerprint density at radius 3 is 1.80 bits per heavy atom. The maximum absolute atomic E-state index is 2.66. The van der Waals surface area contributed by atoms with Crippen molar-refractivity contribution in [3.8, 4) is 0 Å². The maximum atomic E-state index is 2.66. The summed E-state index contributed by atoms with van der Waals surface area (Å²) in [4.78, 5) is 0. The Labute approximate surface area is 124 Å². The van der Waals surface area contributed by atoms with E-state index >= 15 is 0 Å². The normalized spacial score (nSPS) is 14.2. The standard InChI is InChI=1S/C18H25NP/c1-4-19(5-2)20(3,18-14-10-7-11-15-18)16-17-12-8-6-9-13-17/h6-15H,4-5,16H2,1-3H3/q+1. The summed E-state index contributed by atoms with van der Waals surface area (Å²) in [5, 5.41) is 1.51. The van der Waals surface area contributed by atoms with Crippen molar-refractivity contribution in [3.05, 3.63) is 66.2 Å². The van der Waals surface area contributed by atoms with Gasteiger partial charge in [-0.3, -0.25) is 0 Å². The van der Waals surface area contributed by atoms with Crippen LogP contribution >= 0.6 is 7.41 Å². The van der Waals surface area contributed by atoms with Crippen molar-refractivity contribution in [2.75, 3.05) is 19.8 Å². The van der Waals surface area contributed by atoms with Crippen molar-refractivity contribution in [2.45, 2.75) is 20.0 Å². The first kappa shape index (κ1) is 15.2. The van der Waals surface area contributed by atoms with Gasteiger partial charge >= 0.3 is 0 Å². The Morgan fingerprint density at radius 1 is 0.800 bits per heavy atom. The van der Waals surface area contributed by atoms with Crippen molar-refractivity contribution in [2.24, 2.45) is 0 Å². The second-order valence-corrected chi connectivity index (χ2v) is 8.93. The van der Waals surface area contributed by atoms with E-state index in [2.05, 4.69) is 85.8 Å². The molecule has 1 nitrogen and oxygen atoms in total. The SMILES string of the molecule is CCN(CC)[P+](C)(Cc1ccccc1)c1ccccc1. The highest BCUT2D eigenvalue weighted by atomic mass is 31.2. The minimum atomic E-state index is -1.32.